The number of nitrogens with one attached hydrogen (secondary N) is 1. The van der Waals surface area contributed by atoms with Gasteiger partial charge in [0.1, 0.15) is 16.2 Å². The van der Waals surface area contributed by atoms with E-state index in [0.717, 1.165) is 17.3 Å². The maximum absolute atomic E-state index is 13.4. The zero-order valence-corrected chi connectivity index (χ0v) is 17.6. The molecule has 1 aliphatic rings. The Labute approximate surface area is 182 Å². The van der Waals surface area contributed by atoms with Gasteiger partial charge in [0.15, 0.2) is 11.5 Å². The predicted molar refractivity (Wildman–Crippen MR) is 117 cm³/mol. The number of carbonyl (C=O) groups is 2. The first-order valence-corrected chi connectivity index (χ1v) is 10.3. The first-order chi connectivity index (χ1) is 14.3. The van der Waals surface area contributed by atoms with Gasteiger partial charge in [-0.3, -0.25) is 14.5 Å². The Morgan fingerprint density at radius 1 is 1.27 bits per heavy atom. The Kier molecular flexibility index (Phi) is 6.73. The highest BCUT2D eigenvalue weighted by Crippen LogP contribution is 2.34. The van der Waals surface area contributed by atoms with Gasteiger partial charge in [-0.2, -0.15) is 0 Å². The summed E-state index contributed by atoms with van der Waals surface area (Å²) >= 11 is 6.34. The molecule has 2 amide bonds. The second-order valence-electron chi connectivity index (χ2n) is 6.65. The minimum absolute atomic E-state index is 0.211. The summed E-state index contributed by atoms with van der Waals surface area (Å²) in [5, 5.41) is 21.6. The highest BCUT2D eigenvalue weighted by molar-refractivity contribution is 8.26. The van der Waals surface area contributed by atoms with E-state index in [1.165, 1.54) is 29.2 Å². The molecule has 1 fully saturated rings. The fourth-order valence-electron chi connectivity index (χ4n) is 2.88. The number of hydrogen-bond acceptors (Lipinski definition) is 6. The van der Waals surface area contributed by atoms with Gasteiger partial charge in [0, 0.05) is 6.54 Å². The van der Waals surface area contributed by atoms with Crippen LogP contribution in [0.25, 0.3) is 6.08 Å². The van der Waals surface area contributed by atoms with Crippen molar-refractivity contribution in [2.24, 2.45) is 0 Å². The van der Waals surface area contributed by atoms with E-state index < -0.39 is 17.8 Å². The SMILES string of the molecule is CC(C(=O)NCCc1ccc(O)c(O)c1)N1C(=O)/C(=C\c2cccc(F)c2)SC1=S. The van der Waals surface area contributed by atoms with Gasteiger partial charge in [-0.15, -0.1) is 0 Å². The van der Waals surface area contributed by atoms with E-state index in [0.29, 0.717) is 16.9 Å². The van der Waals surface area contributed by atoms with Crippen LogP contribution >= 0.6 is 24.0 Å². The molecule has 3 N–H and O–H groups in total. The zero-order chi connectivity index (χ0) is 21.8. The molecule has 1 heterocycles. The van der Waals surface area contributed by atoms with Gasteiger partial charge < -0.3 is 15.5 Å². The minimum atomic E-state index is -0.816. The molecule has 2 aromatic carbocycles. The van der Waals surface area contributed by atoms with Crippen molar-refractivity contribution in [3.8, 4) is 11.5 Å². The van der Waals surface area contributed by atoms with Gasteiger partial charge in [0.05, 0.1) is 4.91 Å². The van der Waals surface area contributed by atoms with Crippen molar-refractivity contribution in [2.45, 2.75) is 19.4 Å². The molecule has 2 aromatic rings. The van der Waals surface area contributed by atoms with Crippen LogP contribution in [0.15, 0.2) is 47.4 Å². The monoisotopic (exact) mass is 446 g/mol. The Bertz CT molecular complexity index is 1040. The van der Waals surface area contributed by atoms with Crippen LogP contribution in [0.2, 0.25) is 0 Å². The van der Waals surface area contributed by atoms with E-state index in [4.69, 9.17) is 12.2 Å². The lowest BCUT2D eigenvalue weighted by atomic mass is 10.1. The standard InChI is InChI=1S/C21H19FN2O4S2/c1-12(19(27)23-8-7-13-5-6-16(25)17(26)10-13)24-20(28)18(30-21(24)29)11-14-3-2-4-15(22)9-14/h2-6,9-12,25-26H,7-8H2,1H3,(H,23,27)/b18-11+. The Hall–Kier alpha value is -2.91. The second kappa shape index (κ2) is 9.27. The number of phenols is 2. The largest absolute Gasteiger partial charge is 0.504 e. The first kappa shape index (κ1) is 21.8. The number of phenolic OH excluding ortho intramolecular Hbond substituents is 2. The lowest BCUT2D eigenvalue weighted by Crippen LogP contribution is -2.47. The molecular weight excluding hydrogens is 427 g/mol. The lowest BCUT2D eigenvalue weighted by Gasteiger charge is -2.22. The van der Waals surface area contributed by atoms with Crippen LogP contribution in [0.4, 0.5) is 4.39 Å². The predicted octanol–water partition coefficient (Wildman–Crippen LogP) is 3.19. The van der Waals surface area contributed by atoms with E-state index in [-0.39, 0.29) is 28.3 Å². The maximum atomic E-state index is 13.4. The minimum Gasteiger partial charge on any atom is -0.504 e. The van der Waals surface area contributed by atoms with Crippen molar-refractivity contribution in [3.63, 3.8) is 0 Å². The molecule has 30 heavy (non-hydrogen) atoms. The number of amides is 2. The van der Waals surface area contributed by atoms with Gasteiger partial charge in [0.25, 0.3) is 5.91 Å². The number of thioether (sulfide) groups is 1. The third-order valence-electron chi connectivity index (χ3n) is 4.49. The summed E-state index contributed by atoms with van der Waals surface area (Å²) in [6.07, 6.45) is 1.98. The summed E-state index contributed by atoms with van der Waals surface area (Å²) < 4.78 is 13.6. The van der Waals surface area contributed by atoms with Crippen molar-refractivity contribution >= 4 is 46.2 Å². The number of benzene rings is 2. The highest BCUT2D eigenvalue weighted by Gasteiger charge is 2.38. The summed E-state index contributed by atoms with van der Waals surface area (Å²) in [6.45, 7) is 1.86. The number of aromatic hydroxyl groups is 2. The third-order valence-corrected chi connectivity index (χ3v) is 5.82. The number of carbonyl (C=O) groups excluding carboxylic acids is 2. The van der Waals surface area contributed by atoms with Crippen molar-refractivity contribution in [3.05, 3.63) is 64.3 Å². The van der Waals surface area contributed by atoms with Crippen molar-refractivity contribution in [1.82, 2.24) is 10.2 Å². The average molecular weight is 447 g/mol. The Morgan fingerprint density at radius 3 is 2.73 bits per heavy atom. The fraction of sp³-hybridized carbons (Fsp3) is 0.190. The smallest absolute Gasteiger partial charge is 0.266 e. The topological polar surface area (TPSA) is 89.9 Å². The summed E-state index contributed by atoms with van der Waals surface area (Å²) in [4.78, 5) is 26.8. The van der Waals surface area contributed by atoms with Gasteiger partial charge in [-0.1, -0.05) is 42.2 Å². The van der Waals surface area contributed by atoms with Crippen LogP contribution in [0.1, 0.15) is 18.1 Å². The van der Waals surface area contributed by atoms with Crippen LogP contribution in [-0.4, -0.2) is 43.8 Å². The molecule has 6 nitrogen and oxygen atoms in total. The van der Waals surface area contributed by atoms with Gasteiger partial charge in [-0.05, 0) is 54.8 Å². The molecule has 0 saturated carbocycles. The van der Waals surface area contributed by atoms with Gasteiger partial charge in [-0.25, -0.2) is 4.39 Å². The van der Waals surface area contributed by atoms with Gasteiger partial charge in [0.2, 0.25) is 5.91 Å². The van der Waals surface area contributed by atoms with E-state index in [1.54, 1.807) is 31.2 Å². The Balaban J connectivity index is 1.61. The molecule has 0 radical (unpaired) electrons. The summed E-state index contributed by atoms with van der Waals surface area (Å²) in [5.74, 6) is -1.62. The number of halogens is 1. The first-order valence-electron chi connectivity index (χ1n) is 9.07. The van der Waals surface area contributed by atoms with Crippen molar-refractivity contribution < 1.29 is 24.2 Å². The number of thiocarbonyl (C=S) groups is 1. The van der Waals surface area contributed by atoms with E-state index in [2.05, 4.69) is 5.32 Å². The third kappa shape index (κ3) is 4.98. The molecule has 0 aromatic heterocycles. The molecule has 1 saturated heterocycles. The molecule has 3 rings (SSSR count). The van der Waals surface area contributed by atoms with E-state index in [9.17, 15) is 24.2 Å². The van der Waals surface area contributed by atoms with Crippen LogP contribution in [-0.2, 0) is 16.0 Å². The molecule has 156 valence electrons. The normalized spacial score (nSPS) is 16.2. The van der Waals surface area contributed by atoms with E-state index in [1.807, 2.05) is 0 Å². The van der Waals surface area contributed by atoms with Crippen LogP contribution in [0.3, 0.4) is 0 Å². The fourth-order valence-corrected chi connectivity index (χ4v) is 4.30. The van der Waals surface area contributed by atoms with Crippen molar-refractivity contribution in [2.75, 3.05) is 6.54 Å². The summed E-state index contributed by atoms with van der Waals surface area (Å²) in [5.41, 5.74) is 1.27. The van der Waals surface area contributed by atoms with Crippen LogP contribution < -0.4 is 5.32 Å². The van der Waals surface area contributed by atoms with E-state index >= 15 is 0 Å². The van der Waals surface area contributed by atoms with Gasteiger partial charge >= 0.3 is 0 Å². The van der Waals surface area contributed by atoms with Crippen LogP contribution in [0, 0.1) is 5.82 Å². The van der Waals surface area contributed by atoms with Crippen molar-refractivity contribution in [1.29, 1.82) is 0 Å². The molecule has 1 atom stereocenters. The zero-order valence-electron chi connectivity index (χ0n) is 16.0. The molecule has 9 heteroatoms. The Morgan fingerprint density at radius 2 is 2.03 bits per heavy atom. The number of hydrogen-bond donors (Lipinski definition) is 3. The highest BCUT2D eigenvalue weighted by atomic mass is 32.2. The summed E-state index contributed by atoms with van der Waals surface area (Å²) in [6, 6.07) is 9.47. The van der Waals surface area contributed by atoms with Crippen LogP contribution in [0.5, 0.6) is 11.5 Å². The molecule has 1 unspecified atom stereocenters. The molecular formula is C21H19FN2O4S2. The molecule has 0 spiro atoms. The molecule has 1 aliphatic heterocycles. The quantitative estimate of drug-likeness (QED) is 0.359. The maximum Gasteiger partial charge on any atom is 0.266 e. The molecule has 0 aliphatic carbocycles. The summed E-state index contributed by atoms with van der Waals surface area (Å²) in [7, 11) is 0. The lowest BCUT2D eigenvalue weighted by molar-refractivity contribution is -0.132. The second-order valence-corrected chi connectivity index (χ2v) is 8.32. The number of rotatable bonds is 6. The molecule has 0 bridgehead atoms. The number of nitrogens with zero attached hydrogens (tertiary/aromatic N) is 1. The average Bonchev–Trinajstić information content (AvgIpc) is 2.97.